The van der Waals surface area contributed by atoms with Gasteiger partial charge in [-0.05, 0) is 6.07 Å². The van der Waals surface area contributed by atoms with Gasteiger partial charge in [-0.15, -0.1) is 0 Å². The second-order valence-corrected chi connectivity index (χ2v) is 2.85. The van der Waals surface area contributed by atoms with Crippen molar-refractivity contribution in [3.05, 3.63) is 29.1 Å². The third kappa shape index (κ3) is 2.37. The summed E-state index contributed by atoms with van der Waals surface area (Å²) in [6.45, 7) is 0. The fraction of sp³-hybridized carbons (Fsp3) is 0.250. The summed E-state index contributed by atoms with van der Waals surface area (Å²) in [7, 11) is 0. The fourth-order valence-corrected chi connectivity index (χ4v) is 1.10. The Morgan fingerprint density at radius 3 is 1.75 bits per heavy atom. The van der Waals surface area contributed by atoms with Crippen LogP contribution in [0.15, 0.2) is 12.1 Å². The van der Waals surface area contributed by atoms with Crippen LogP contribution in [0, 0.1) is 5.82 Å². The van der Waals surface area contributed by atoms with Crippen molar-refractivity contribution in [2.75, 3.05) is 0 Å². The highest BCUT2D eigenvalue weighted by molar-refractivity contribution is 5.39. The van der Waals surface area contributed by atoms with Crippen molar-refractivity contribution >= 4 is 0 Å². The first-order chi connectivity index (χ1) is 7.03. The van der Waals surface area contributed by atoms with Gasteiger partial charge in [0.2, 0.25) is 0 Å². The molecule has 0 radical (unpaired) electrons. The average molecular weight is 248 g/mol. The van der Waals surface area contributed by atoms with E-state index in [9.17, 15) is 30.7 Å². The topological polar surface area (TPSA) is 20.2 Å². The molecule has 0 atom stereocenters. The van der Waals surface area contributed by atoms with Crippen LogP contribution < -0.4 is 0 Å². The summed E-state index contributed by atoms with van der Waals surface area (Å²) in [6.07, 6.45) is -10.9. The summed E-state index contributed by atoms with van der Waals surface area (Å²) in [5.74, 6) is -3.39. The normalized spacial score (nSPS) is 12.9. The fourth-order valence-electron chi connectivity index (χ4n) is 1.10. The molecule has 0 spiro atoms. The molecule has 0 unspecified atom stereocenters. The first-order valence-corrected chi connectivity index (χ1v) is 3.70. The third-order valence-corrected chi connectivity index (χ3v) is 1.66. The quantitative estimate of drug-likeness (QED) is 0.696. The first-order valence-electron chi connectivity index (χ1n) is 3.70. The molecule has 0 bridgehead atoms. The summed E-state index contributed by atoms with van der Waals surface area (Å²) in [5, 5.41) is 8.64. The monoisotopic (exact) mass is 248 g/mol. The Hall–Kier alpha value is -1.47. The van der Waals surface area contributed by atoms with Gasteiger partial charge in [0.15, 0.2) is 0 Å². The SMILES string of the molecule is Oc1cc(F)c(C(F)(F)F)c(C(F)(F)F)c1. The highest BCUT2D eigenvalue weighted by Crippen LogP contribution is 2.42. The number of phenols is 1. The maximum Gasteiger partial charge on any atom is 0.419 e. The van der Waals surface area contributed by atoms with E-state index in [0.717, 1.165) is 0 Å². The molecule has 0 fully saturated rings. The molecule has 0 aliphatic heterocycles. The number of rotatable bonds is 0. The van der Waals surface area contributed by atoms with Crippen molar-refractivity contribution in [1.82, 2.24) is 0 Å². The van der Waals surface area contributed by atoms with E-state index in [1.807, 2.05) is 0 Å². The lowest BCUT2D eigenvalue weighted by Gasteiger charge is -2.16. The highest BCUT2D eigenvalue weighted by atomic mass is 19.4. The minimum absolute atomic E-state index is 0.0297. The van der Waals surface area contributed by atoms with E-state index in [1.54, 1.807) is 0 Å². The lowest BCUT2D eigenvalue weighted by Crippen LogP contribution is -2.18. The number of hydrogen-bond acceptors (Lipinski definition) is 1. The predicted molar refractivity (Wildman–Crippen MR) is 38.1 cm³/mol. The van der Waals surface area contributed by atoms with Crippen LogP contribution in [0.2, 0.25) is 0 Å². The van der Waals surface area contributed by atoms with Gasteiger partial charge in [0.1, 0.15) is 17.1 Å². The van der Waals surface area contributed by atoms with Crippen LogP contribution in [0.25, 0.3) is 0 Å². The minimum atomic E-state index is -5.48. The maximum absolute atomic E-state index is 12.8. The summed E-state index contributed by atoms with van der Waals surface area (Å²) < 4.78 is 85.7. The molecule has 1 rings (SSSR count). The smallest absolute Gasteiger partial charge is 0.419 e. The predicted octanol–water partition coefficient (Wildman–Crippen LogP) is 3.57. The maximum atomic E-state index is 12.8. The van der Waals surface area contributed by atoms with Crippen molar-refractivity contribution in [1.29, 1.82) is 0 Å². The second kappa shape index (κ2) is 3.53. The number of hydrogen-bond donors (Lipinski definition) is 1. The number of benzene rings is 1. The minimum Gasteiger partial charge on any atom is -0.508 e. The Morgan fingerprint density at radius 2 is 1.38 bits per heavy atom. The number of alkyl halides is 6. The lowest BCUT2D eigenvalue weighted by molar-refractivity contribution is -0.164. The molecule has 1 aromatic carbocycles. The average Bonchev–Trinajstić information content (AvgIpc) is 1.97. The number of halogens is 7. The zero-order valence-corrected chi connectivity index (χ0v) is 7.25. The summed E-state index contributed by atoms with van der Waals surface area (Å²) in [6, 6.07) is -0.204. The summed E-state index contributed by atoms with van der Waals surface area (Å²) >= 11 is 0. The van der Waals surface area contributed by atoms with Crippen molar-refractivity contribution in [3.63, 3.8) is 0 Å². The molecule has 0 amide bonds. The zero-order chi connectivity index (χ0) is 12.7. The van der Waals surface area contributed by atoms with E-state index in [4.69, 9.17) is 5.11 Å². The molecule has 1 nitrogen and oxygen atoms in total. The summed E-state index contributed by atoms with van der Waals surface area (Å²) in [4.78, 5) is 0. The standard InChI is InChI=1S/C8H3F7O/c9-5-2-3(16)1-4(7(10,11)12)6(5)8(13,14)15/h1-2,16H. The highest BCUT2D eigenvalue weighted by Gasteiger charge is 2.45. The molecule has 90 valence electrons. The van der Waals surface area contributed by atoms with E-state index >= 15 is 0 Å². The Morgan fingerprint density at radius 1 is 0.875 bits per heavy atom. The van der Waals surface area contributed by atoms with E-state index in [2.05, 4.69) is 0 Å². The van der Waals surface area contributed by atoms with E-state index in [0.29, 0.717) is 0 Å². The molecule has 0 heterocycles. The van der Waals surface area contributed by atoms with Gasteiger partial charge in [0, 0.05) is 6.07 Å². The Kier molecular flexibility index (Phi) is 2.78. The molecule has 16 heavy (non-hydrogen) atoms. The third-order valence-electron chi connectivity index (χ3n) is 1.66. The molecule has 1 aromatic rings. The van der Waals surface area contributed by atoms with Gasteiger partial charge < -0.3 is 5.11 Å². The van der Waals surface area contributed by atoms with E-state index in [-0.39, 0.29) is 12.1 Å². The number of phenolic OH excluding ortho intramolecular Hbond substituents is 1. The molecular formula is C8H3F7O. The lowest BCUT2D eigenvalue weighted by atomic mass is 10.1. The Balaban J connectivity index is 3.58. The Bertz CT molecular complexity index is 404. The van der Waals surface area contributed by atoms with E-state index < -0.39 is 35.0 Å². The molecule has 1 N–H and O–H groups in total. The van der Waals surface area contributed by atoms with Crippen LogP contribution in [-0.2, 0) is 12.4 Å². The van der Waals surface area contributed by atoms with Crippen LogP contribution >= 0.6 is 0 Å². The van der Waals surface area contributed by atoms with Crippen LogP contribution in [-0.4, -0.2) is 5.11 Å². The largest absolute Gasteiger partial charge is 0.508 e. The molecule has 0 saturated heterocycles. The molecule has 0 aliphatic rings. The summed E-state index contributed by atoms with van der Waals surface area (Å²) in [5.41, 5.74) is -4.68. The molecule has 0 saturated carbocycles. The van der Waals surface area contributed by atoms with Crippen LogP contribution in [0.1, 0.15) is 11.1 Å². The Labute approximate surface area is 84.1 Å². The van der Waals surface area contributed by atoms with Gasteiger partial charge in [-0.3, -0.25) is 0 Å². The molecule has 0 aliphatic carbocycles. The van der Waals surface area contributed by atoms with Crippen molar-refractivity contribution in [2.24, 2.45) is 0 Å². The van der Waals surface area contributed by atoms with Crippen LogP contribution in [0.5, 0.6) is 5.75 Å². The molecule has 0 aromatic heterocycles. The van der Waals surface area contributed by atoms with Crippen molar-refractivity contribution in [2.45, 2.75) is 12.4 Å². The van der Waals surface area contributed by atoms with Gasteiger partial charge in [-0.25, -0.2) is 4.39 Å². The van der Waals surface area contributed by atoms with Gasteiger partial charge >= 0.3 is 12.4 Å². The molecular weight excluding hydrogens is 245 g/mol. The zero-order valence-electron chi connectivity index (χ0n) is 7.25. The van der Waals surface area contributed by atoms with Gasteiger partial charge in [0.05, 0.1) is 5.56 Å². The second-order valence-electron chi connectivity index (χ2n) is 2.85. The van der Waals surface area contributed by atoms with Crippen LogP contribution in [0.4, 0.5) is 30.7 Å². The van der Waals surface area contributed by atoms with Gasteiger partial charge in [0.25, 0.3) is 0 Å². The number of aromatic hydroxyl groups is 1. The molecule has 8 heteroatoms. The first kappa shape index (κ1) is 12.6. The van der Waals surface area contributed by atoms with Crippen molar-refractivity contribution < 1.29 is 35.8 Å². The van der Waals surface area contributed by atoms with E-state index in [1.165, 1.54) is 0 Å². The van der Waals surface area contributed by atoms with Gasteiger partial charge in [-0.1, -0.05) is 0 Å². The van der Waals surface area contributed by atoms with Crippen LogP contribution in [0.3, 0.4) is 0 Å². The van der Waals surface area contributed by atoms with Crippen molar-refractivity contribution in [3.8, 4) is 5.75 Å². The van der Waals surface area contributed by atoms with Gasteiger partial charge in [-0.2, -0.15) is 26.3 Å².